The first-order valence-corrected chi connectivity index (χ1v) is 6.55. The van der Waals surface area contributed by atoms with E-state index < -0.39 is 17.9 Å². The van der Waals surface area contributed by atoms with E-state index in [1.54, 1.807) is 4.90 Å². The molecule has 0 saturated carbocycles. The molecule has 0 spiro atoms. The minimum atomic E-state index is -1.24. The summed E-state index contributed by atoms with van der Waals surface area (Å²) in [7, 11) is 0. The lowest BCUT2D eigenvalue weighted by Crippen LogP contribution is -2.46. The fourth-order valence-electron chi connectivity index (χ4n) is 2.05. The SMILES string of the molecule is CC(Oc1cc(F)ccc1C(=O)O)C(=O)N1CCOCC1. The van der Waals surface area contributed by atoms with Crippen LogP contribution in [-0.4, -0.2) is 54.3 Å². The Kier molecular flexibility index (Phi) is 4.74. The molecular formula is C14H16FNO5. The molecule has 1 atom stereocenters. The number of rotatable bonds is 4. The Labute approximate surface area is 121 Å². The first kappa shape index (κ1) is 15.2. The first-order valence-electron chi connectivity index (χ1n) is 6.55. The van der Waals surface area contributed by atoms with Gasteiger partial charge in [0.05, 0.1) is 13.2 Å². The predicted octanol–water partition coefficient (Wildman–Crippen LogP) is 1.15. The van der Waals surface area contributed by atoms with Crippen molar-refractivity contribution in [1.82, 2.24) is 4.90 Å². The number of hydrogen-bond donors (Lipinski definition) is 1. The molecule has 1 saturated heterocycles. The Bertz CT molecular complexity index is 542. The fourth-order valence-corrected chi connectivity index (χ4v) is 2.05. The summed E-state index contributed by atoms with van der Waals surface area (Å²) in [6.45, 7) is 3.34. The van der Waals surface area contributed by atoms with Crippen molar-refractivity contribution in [2.24, 2.45) is 0 Å². The van der Waals surface area contributed by atoms with Crippen LogP contribution >= 0.6 is 0 Å². The smallest absolute Gasteiger partial charge is 0.339 e. The Morgan fingerprint density at radius 3 is 2.67 bits per heavy atom. The van der Waals surface area contributed by atoms with Crippen molar-refractivity contribution in [1.29, 1.82) is 0 Å². The third-order valence-electron chi connectivity index (χ3n) is 3.15. The second-order valence-corrected chi connectivity index (χ2v) is 4.64. The van der Waals surface area contributed by atoms with Gasteiger partial charge in [-0.05, 0) is 19.1 Å². The van der Waals surface area contributed by atoms with Gasteiger partial charge in [0, 0.05) is 19.2 Å². The van der Waals surface area contributed by atoms with Gasteiger partial charge >= 0.3 is 5.97 Å². The van der Waals surface area contributed by atoms with Gasteiger partial charge in [-0.15, -0.1) is 0 Å². The molecule has 0 bridgehead atoms. The maximum atomic E-state index is 13.2. The average Bonchev–Trinajstić information content (AvgIpc) is 2.47. The van der Waals surface area contributed by atoms with Crippen molar-refractivity contribution < 1.29 is 28.6 Å². The summed E-state index contributed by atoms with van der Waals surface area (Å²) < 4.78 is 23.7. The molecule has 114 valence electrons. The highest BCUT2D eigenvalue weighted by Gasteiger charge is 2.25. The fraction of sp³-hybridized carbons (Fsp3) is 0.429. The molecular weight excluding hydrogens is 281 g/mol. The van der Waals surface area contributed by atoms with Gasteiger partial charge in [-0.1, -0.05) is 0 Å². The van der Waals surface area contributed by atoms with E-state index >= 15 is 0 Å². The predicted molar refractivity (Wildman–Crippen MR) is 70.8 cm³/mol. The minimum Gasteiger partial charge on any atom is -0.480 e. The molecule has 0 aliphatic carbocycles. The topological polar surface area (TPSA) is 76.1 Å². The van der Waals surface area contributed by atoms with Gasteiger partial charge in [0.1, 0.15) is 17.1 Å². The van der Waals surface area contributed by atoms with Crippen LogP contribution in [0.5, 0.6) is 5.75 Å². The first-order chi connectivity index (χ1) is 9.99. The maximum absolute atomic E-state index is 13.2. The number of ether oxygens (including phenoxy) is 2. The number of amides is 1. The van der Waals surface area contributed by atoms with E-state index in [-0.39, 0.29) is 17.2 Å². The quantitative estimate of drug-likeness (QED) is 0.902. The van der Waals surface area contributed by atoms with Gasteiger partial charge in [-0.2, -0.15) is 0 Å². The average molecular weight is 297 g/mol. The molecule has 1 aliphatic rings. The normalized spacial score (nSPS) is 16.4. The Morgan fingerprint density at radius 2 is 2.05 bits per heavy atom. The van der Waals surface area contributed by atoms with E-state index in [1.165, 1.54) is 6.92 Å². The van der Waals surface area contributed by atoms with Crippen molar-refractivity contribution in [3.05, 3.63) is 29.6 Å². The van der Waals surface area contributed by atoms with Crippen molar-refractivity contribution >= 4 is 11.9 Å². The number of carboxylic acids is 1. The van der Waals surface area contributed by atoms with Gasteiger partial charge in [0.2, 0.25) is 0 Å². The van der Waals surface area contributed by atoms with E-state index in [1.807, 2.05) is 0 Å². The summed E-state index contributed by atoms with van der Waals surface area (Å²) in [6, 6.07) is 3.11. The van der Waals surface area contributed by atoms with Crippen LogP contribution in [0.1, 0.15) is 17.3 Å². The molecule has 0 radical (unpaired) electrons. The Hall–Kier alpha value is -2.15. The molecule has 1 aromatic carbocycles. The number of carbonyl (C=O) groups is 2. The van der Waals surface area contributed by atoms with Crippen LogP contribution in [0.3, 0.4) is 0 Å². The van der Waals surface area contributed by atoms with E-state index in [0.717, 1.165) is 18.2 Å². The third-order valence-corrected chi connectivity index (χ3v) is 3.15. The number of halogens is 1. The van der Waals surface area contributed by atoms with Crippen LogP contribution in [0.25, 0.3) is 0 Å². The summed E-state index contributed by atoms with van der Waals surface area (Å²) >= 11 is 0. The van der Waals surface area contributed by atoms with Crippen molar-refractivity contribution in [3.63, 3.8) is 0 Å². The summed E-state index contributed by atoms with van der Waals surface area (Å²) in [6.07, 6.45) is -0.900. The minimum absolute atomic E-state index is 0.156. The highest BCUT2D eigenvalue weighted by atomic mass is 19.1. The molecule has 2 rings (SSSR count). The van der Waals surface area contributed by atoms with Crippen LogP contribution in [0.4, 0.5) is 4.39 Å². The van der Waals surface area contributed by atoms with Crippen LogP contribution in [0.2, 0.25) is 0 Å². The number of morpholine rings is 1. The lowest BCUT2D eigenvalue weighted by atomic mass is 10.2. The molecule has 1 heterocycles. The van der Waals surface area contributed by atoms with Gasteiger partial charge in [0.15, 0.2) is 6.10 Å². The number of benzene rings is 1. The second kappa shape index (κ2) is 6.53. The Morgan fingerprint density at radius 1 is 1.38 bits per heavy atom. The molecule has 21 heavy (non-hydrogen) atoms. The van der Waals surface area contributed by atoms with Gasteiger partial charge in [-0.25, -0.2) is 9.18 Å². The summed E-state index contributed by atoms with van der Waals surface area (Å²) in [4.78, 5) is 24.8. The number of carboxylic acid groups (broad SMARTS) is 1. The highest BCUT2D eigenvalue weighted by molar-refractivity contribution is 5.91. The molecule has 1 amide bonds. The van der Waals surface area contributed by atoms with Crippen molar-refractivity contribution in [3.8, 4) is 5.75 Å². The maximum Gasteiger partial charge on any atom is 0.339 e. The lowest BCUT2D eigenvalue weighted by molar-refractivity contribution is -0.142. The molecule has 7 heteroatoms. The van der Waals surface area contributed by atoms with Crippen molar-refractivity contribution in [2.75, 3.05) is 26.3 Å². The molecule has 1 fully saturated rings. The van der Waals surface area contributed by atoms with Crippen LogP contribution in [-0.2, 0) is 9.53 Å². The molecule has 1 aliphatic heterocycles. The number of carbonyl (C=O) groups excluding carboxylic acids is 1. The third kappa shape index (κ3) is 3.69. The molecule has 0 aromatic heterocycles. The summed E-state index contributed by atoms with van der Waals surface area (Å²) in [5.41, 5.74) is -0.182. The number of nitrogens with zero attached hydrogens (tertiary/aromatic N) is 1. The van der Waals surface area contributed by atoms with Gasteiger partial charge in [-0.3, -0.25) is 4.79 Å². The monoisotopic (exact) mass is 297 g/mol. The van der Waals surface area contributed by atoms with E-state index in [0.29, 0.717) is 26.3 Å². The van der Waals surface area contributed by atoms with E-state index in [9.17, 15) is 14.0 Å². The molecule has 1 unspecified atom stereocenters. The zero-order valence-corrected chi connectivity index (χ0v) is 11.5. The zero-order valence-electron chi connectivity index (χ0n) is 11.5. The molecule has 1 N–H and O–H groups in total. The number of aromatic carboxylic acids is 1. The van der Waals surface area contributed by atoms with Crippen LogP contribution in [0, 0.1) is 5.82 Å². The largest absolute Gasteiger partial charge is 0.480 e. The standard InChI is InChI=1S/C14H16FNO5/c1-9(13(17)16-4-6-20-7-5-16)21-12-8-10(15)2-3-11(12)14(18)19/h2-3,8-9H,4-7H2,1H3,(H,18,19). The lowest BCUT2D eigenvalue weighted by Gasteiger charge is -2.29. The summed E-state index contributed by atoms with van der Waals surface area (Å²) in [5, 5.41) is 9.04. The molecule has 6 nitrogen and oxygen atoms in total. The van der Waals surface area contributed by atoms with E-state index in [2.05, 4.69) is 0 Å². The Balaban J connectivity index is 2.11. The van der Waals surface area contributed by atoms with Gasteiger partial charge < -0.3 is 19.5 Å². The zero-order chi connectivity index (χ0) is 15.4. The number of hydrogen-bond acceptors (Lipinski definition) is 4. The summed E-state index contributed by atoms with van der Waals surface area (Å²) in [5.74, 6) is -2.30. The van der Waals surface area contributed by atoms with Crippen LogP contribution in [0.15, 0.2) is 18.2 Å². The van der Waals surface area contributed by atoms with Crippen LogP contribution < -0.4 is 4.74 Å². The highest BCUT2D eigenvalue weighted by Crippen LogP contribution is 2.22. The van der Waals surface area contributed by atoms with Gasteiger partial charge in [0.25, 0.3) is 5.91 Å². The van der Waals surface area contributed by atoms with E-state index in [4.69, 9.17) is 14.6 Å². The second-order valence-electron chi connectivity index (χ2n) is 4.64. The van der Waals surface area contributed by atoms with Crippen molar-refractivity contribution in [2.45, 2.75) is 13.0 Å². The molecule has 1 aromatic rings.